The van der Waals surface area contributed by atoms with E-state index in [-0.39, 0.29) is 11.7 Å². The first kappa shape index (κ1) is 13.6. The number of benzene rings is 1. The van der Waals surface area contributed by atoms with E-state index in [1.807, 2.05) is 31.2 Å². The SMILES string of the molecule is COC1=C(C#N)C(c2ccc(C)cc2)C(C#N)C(N)=N1. The summed E-state index contributed by atoms with van der Waals surface area (Å²) in [5, 5.41) is 18.7. The van der Waals surface area contributed by atoms with Gasteiger partial charge in [0, 0.05) is 5.92 Å². The van der Waals surface area contributed by atoms with Crippen molar-refractivity contribution in [3.63, 3.8) is 0 Å². The van der Waals surface area contributed by atoms with E-state index >= 15 is 0 Å². The van der Waals surface area contributed by atoms with E-state index in [4.69, 9.17) is 10.5 Å². The standard InChI is InChI=1S/C15H14N4O/c1-9-3-5-10(6-4-9)13-11(7-16)14(18)19-15(20-2)12(13)8-17/h3-6,11,13H,1-2H3,(H2,18,19). The highest BCUT2D eigenvalue weighted by atomic mass is 16.5. The molecular weight excluding hydrogens is 252 g/mol. The predicted molar refractivity (Wildman–Crippen MR) is 74.3 cm³/mol. The molecule has 20 heavy (non-hydrogen) atoms. The number of nitrogens with two attached hydrogens (primary N) is 1. The second-order valence-electron chi connectivity index (χ2n) is 4.57. The van der Waals surface area contributed by atoms with Gasteiger partial charge in [0.25, 0.3) is 0 Å². The molecule has 0 spiro atoms. The summed E-state index contributed by atoms with van der Waals surface area (Å²) < 4.78 is 5.11. The Labute approximate surface area is 117 Å². The van der Waals surface area contributed by atoms with Crippen LogP contribution in [0, 0.1) is 35.5 Å². The van der Waals surface area contributed by atoms with Gasteiger partial charge in [0.15, 0.2) is 0 Å². The third-order valence-electron chi connectivity index (χ3n) is 3.31. The molecule has 5 nitrogen and oxygen atoms in total. The molecule has 1 aromatic carbocycles. The molecule has 1 aliphatic rings. The Bertz CT molecular complexity index is 659. The Morgan fingerprint density at radius 1 is 1.25 bits per heavy atom. The fourth-order valence-electron chi connectivity index (χ4n) is 2.26. The quantitative estimate of drug-likeness (QED) is 0.885. The van der Waals surface area contributed by atoms with Crippen LogP contribution in [-0.2, 0) is 4.74 Å². The number of amidine groups is 1. The normalized spacial score (nSPS) is 21.7. The number of hydrogen-bond acceptors (Lipinski definition) is 5. The summed E-state index contributed by atoms with van der Waals surface area (Å²) in [4.78, 5) is 4.01. The van der Waals surface area contributed by atoms with Gasteiger partial charge in [-0.05, 0) is 12.5 Å². The van der Waals surface area contributed by atoms with Gasteiger partial charge in [-0.3, -0.25) is 0 Å². The summed E-state index contributed by atoms with van der Waals surface area (Å²) in [6.07, 6.45) is 0. The number of allylic oxidation sites excluding steroid dienone is 1. The van der Waals surface area contributed by atoms with Crippen molar-refractivity contribution >= 4 is 5.84 Å². The van der Waals surface area contributed by atoms with Crippen molar-refractivity contribution in [3.8, 4) is 12.1 Å². The van der Waals surface area contributed by atoms with Crippen LogP contribution < -0.4 is 5.73 Å². The number of nitriles is 2. The van der Waals surface area contributed by atoms with E-state index in [1.165, 1.54) is 7.11 Å². The molecule has 100 valence electrons. The monoisotopic (exact) mass is 266 g/mol. The van der Waals surface area contributed by atoms with Gasteiger partial charge in [-0.2, -0.15) is 15.5 Å². The van der Waals surface area contributed by atoms with Crippen molar-refractivity contribution in [1.29, 1.82) is 10.5 Å². The molecule has 2 N–H and O–H groups in total. The number of hydrogen-bond donors (Lipinski definition) is 1. The van der Waals surface area contributed by atoms with E-state index in [1.54, 1.807) is 0 Å². The van der Waals surface area contributed by atoms with E-state index in [0.29, 0.717) is 5.57 Å². The molecule has 0 radical (unpaired) electrons. The minimum atomic E-state index is -0.661. The Balaban J connectivity index is 2.60. The van der Waals surface area contributed by atoms with Gasteiger partial charge in [0.1, 0.15) is 23.4 Å². The van der Waals surface area contributed by atoms with E-state index in [2.05, 4.69) is 17.1 Å². The predicted octanol–water partition coefficient (Wildman–Crippen LogP) is 1.97. The Morgan fingerprint density at radius 2 is 1.90 bits per heavy atom. The Hall–Kier alpha value is -2.79. The van der Waals surface area contributed by atoms with Crippen molar-refractivity contribution in [2.24, 2.45) is 16.6 Å². The first-order valence-corrected chi connectivity index (χ1v) is 6.10. The van der Waals surface area contributed by atoms with Crippen molar-refractivity contribution in [2.45, 2.75) is 12.8 Å². The highest BCUT2D eigenvalue weighted by Gasteiger charge is 2.36. The fraction of sp³-hybridized carbons (Fsp3) is 0.267. The largest absolute Gasteiger partial charge is 0.480 e. The van der Waals surface area contributed by atoms with Crippen molar-refractivity contribution in [2.75, 3.05) is 7.11 Å². The average Bonchev–Trinajstić information content (AvgIpc) is 2.46. The van der Waals surface area contributed by atoms with E-state index in [0.717, 1.165) is 11.1 Å². The maximum absolute atomic E-state index is 9.37. The van der Waals surface area contributed by atoms with Crippen LogP contribution in [0.1, 0.15) is 17.0 Å². The minimum absolute atomic E-state index is 0.175. The number of methoxy groups -OCH3 is 1. The van der Waals surface area contributed by atoms with Crippen LogP contribution in [0.4, 0.5) is 0 Å². The molecule has 1 heterocycles. The van der Waals surface area contributed by atoms with Crippen LogP contribution in [0.25, 0.3) is 0 Å². The number of aryl methyl sites for hydroxylation is 1. The lowest BCUT2D eigenvalue weighted by atomic mass is 9.79. The molecule has 0 saturated carbocycles. The highest BCUT2D eigenvalue weighted by Crippen LogP contribution is 2.37. The Kier molecular flexibility index (Phi) is 3.72. The molecule has 1 aliphatic heterocycles. The molecule has 0 aromatic heterocycles. The molecule has 0 bridgehead atoms. The zero-order valence-corrected chi connectivity index (χ0v) is 11.3. The van der Waals surface area contributed by atoms with Gasteiger partial charge < -0.3 is 10.5 Å². The van der Waals surface area contributed by atoms with Crippen LogP contribution in [-0.4, -0.2) is 12.9 Å². The van der Waals surface area contributed by atoms with Crippen LogP contribution in [0.15, 0.2) is 40.7 Å². The van der Waals surface area contributed by atoms with Gasteiger partial charge in [-0.25, -0.2) is 0 Å². The number of rotatable bonds is 2. The van der Waals surface area contributed by atoms with Crippen molar-refractivity contribution in [1.82, 2.24) is 0 Å². The number of ether oxygens (including phenoxy) is 1. The molecule has 5 heteroatoms. The zero-order chi connectivity index (χ0) is 14.7. The van der Waals surface area contributed by atoms with E-state index in [9.17, 15) is 10.5 Å². The van der Waals surface area contributed by atoms with Crippen LogP contribution >= 0.6 is 0 Å². The first-order chi connectivity index (χ1) is 9.62. The molecule has 2 rings (SSSR count). The molecule has 0 fully saturated rings. The molecule has 1 aromatic rings. The third kappa shape index (κ3) is 2.22. The van der Waals surface area contributed by atoms with Crippen LogP contribution in [0.2, 0.25) is 0 Å². The topological polar surface area (TPSA) is 95.2 Å². The summed E-state index contributed by atoms with van der Waals surface area (Å²) in [6, 6.07) is 11.9. The van der Waals surface area contributed by atoms with Gasteiger partial charge in [0.05, 0.1) is 13.2 Å². The van der Waals surface area contributed by atoms with Crippen molar-refractivity contribution < 1.29 is 4.74 Å². The summed E-state index contributed by atoms with van der Waals surface area (Å²) in [5.41, 5.74) is 8.12. The smallest absolute Gasteiger partial charge is 0.229 e. The summed E-state index contributed by atoms with van der Waals surface area (Å²) in [6.45, 7) is 1.98. The molecule has 0 amide bonds. The highest BCUT2D eigenvalue weighted by molar-refractivity contribution is 5.89. The average molecular weight is 266 g/mol. The summed E-state index contributed by atoms with van der Waals surface area (Å²) >= 11 is 0. The molecule has 0 saturated heterocycles. The fourth-order valence-corrected chi connectivity index (χ4v) is 2.26. The second kappa shape index (κ2) is 5.46. The summed E-state index contributed by atoms with van der Waals surface area (Å²) in [7, 11) is 1.43. The molecule has 2 atom stereocenters. The van der Waals surface area contributed by atoms with Gasteiger partial charge >= 0.3 is 0 Å². The van der Waals surface area contributed by atoms with Gasteiger partial charge in [-0.1, -0.05) is 29.8 Å². The minimum Gasteiger partial charge on any atom is -0.480 e. The number of aliphatic imine (C=N–C) groups is 1. The lowest BCUT2D eigenvalue weighted by Gasteiger charge is -2.26. The second-order valence-corrected chi connectivity index (χ2v) is 4.57. The lowest BCUT2D eigenvalue weighted by molar-refractivity contribution is 0.279. The van der Waals surface area contributed by atoms with Gasteiger partial charge in [0.2, 0.25) is 5.88 Å². The van der Waals surface area contributed by atoms with Gasteiger partial charge in [-0.15, -0.1) is 0 Å². The maximum atomic E-state index is 9.37. The summed E-state index contributed by atoms with van der Waals surface area (Å²) in [5.74, 6) is -0.750. The lowest BCUT2D eigenvalue weighted by Crippen LogP contribution is -2.32. The Morgan fingerprint density at radius 3 is 2.40 bits per heavy atom. The third-order valence-corrected chi connectivity index (χ3v) is 3.31. The van der Waals surface area contributed by atoms with Crippen LogP contribution in [0.3, 0.4) is 0 Å². The molecular formula is C15H14N4O. The molecule has 0 aliphatic carbocycles. The van der Waals surface area contributed by atoms with Crippen LogP contribution in [0.5, 0.6) is 0 Å². The zero-order valence-electron chi connectivity index (χ0n) is 11.3. The van der Waals surface area contributed by atoms with E-state index < -0.39 is 11.8 Å². The molecule has 2 unspecified atom stereocenters. The number of nitrogens with zero attached hydrogens (tertiary/aromatic N) is 3. The maximum Gasteiger partial charge on any atom is 0.229 e. The van der Waals surface area contributed by atoms with Crippen molar-refractivity contribution in [3.05, 3.63) is 46.8 Å². The first-order valence-electron chi connectivity index (χ1n) is 6.10.